The van der Waals surface area contributed by atoms with Crippen LogP contribution in [0.25, 0.3) is 0 Å². The van der Waals surface area contributed by atoms with Crippen molar-refractivity contribution in [3.05, 3.63) is 12.4 Å². The van der Waals surface area contributed by atoms with Gasteiger partial charge in [-0.1, -0.05) is 0 Å². The van der Waals surface area contributed by atoms with Gasteiger partial charge in [0.25, 0.3) is 0 Å². The molecule has 2 atom stereocenters. The lowest BCUT2D eigenvalue weighted by Gasteiger charge is -2.31. The maximum absolute atomic E-state index is 13.0. The topological polar surface area (TPSA) is 61.8 Å². The summed E-state index contributed by atoms with van der Waals surface area (Å²) in [6.07, 6.45) is 10.1. The van der Waals surface area contributed by atoms with E-state index in [4.69, 9.17) is 4.74 Å². The Morgan fingerprint density at radius 1 is 1.07 bits per heavy atom. The van der Waals surface area contributed by atoms with Crippen molar-refractivity contribution in [3.63, 3.8) is 0 Å². The van der Waals surface area contributed by atoms with Crippen LogP contribution in [0.5, 0.6) is 0 Å². The molecule has 152 valence electrons. The average Bonchev–Trinajstić information content (AvgIpc) is 3.44. The largest absolute Gasteiger partial charge is 0.381 e. The van der Waals surface area contributed by atoms with Crippen molar-refractivity contribution < 1.29 is 9.53 Å². The molecular formula is C21H31N5O2. The summed E-state index contributed by atoms with van der Waals surface area (Å²) in [4.78, 5) is 29.1. The first-order chi connectivity index (χ1) is 13.7. The SMILES string of the molecule is C[C@H]1CCCN1[C@H]1CCN(c2ncc(N3CCC4(CCOCC4)C3=O)cn2)C1. The number of ether oxygens (including phenoxy) is 1. The zero-order valence-electron chi connectivity index (χ0n) is 16.8. The minimum atomic E-state index is -0.217. The van der Waals surface area contributed by atoms with Crippen molar-refractivity contribution in [1.29, 1.82) is 0 Å². The second-order valence-corrected chi connectivity index (χ2v) is 8.96. The second-order valence-electron chi connectivity index (χ2n) is 8.96. The van der Waals surface area contributed by atoms with E-state index in [1.165, 1.54) is 25.8 Å². The Kier molecular flexibility index (Phi) is 4.75. The highest BCUT2D eigenvalue weighted by atomic mass is 16.5. The molecule has 5 heterocycles. The average molecular weight is 386 g/mol. The van der Waals surface area contributed by atoms with E-state index in [1.807, 2.05) is 17.3 Å². The number of nitrogens with zero attached hydrogens (tertiary/aromatic N) is 5. The van der Waals surface area contributed by atoms with Gasteiger partial charge in [-0.05, 0) is 52.0 Å². The summed E-state index contributed by atoms with van der Waals surface area (Å²) in [6, 6.07) is 1.32. The van der Waals surface area contributed by atoms with Gasteiger partial charge in [-0.3, -0.25) is 9.69 Å². The summed E-state index contributed by atoms with van der Waals surface area (Å²) in [5, 5.41) is 0. The molecule has 5 rings (SSSR count). The highest BCUT2D eigenvalue weighted by molar-refractivity contribution is 5.99. The first kappa shape index (κ1) is 18.3. The quantitative estimate of drug-likeness (QED) is 0.794. The number of carbonyl (C=O) groups is 1. The highest BCUT2D eigenvalue weighted by Gasteiger charge is 2.47. The number of hydrogen-bond acceptors (Lipinski definition) is 6. The van der Waals surface area contributed by atoms with Crippen LogP contribution in [0.4, 0.5) is 11.6 Å². The summed E-state index contributed by atoms with van der Waals surface area (Å²) >= 11 is 0. The maximum Gasteiger partial charge on any atom is 0.233 e. The van der Waals surface area contributed by atoms with Gasteiger partial charge < -0.3 is 14.5 Å². The van der Waals surface area contributed by atoms with E-state index in [0.717, 1.165) is 50.5 Å². The van der Waals surface area contributed by atoms with E-state index < -0.39 is 0 Å². The van der Waals surface area contributed by atoms with Crippen LogP contribution in [0.15, 0.2) is 12.4 Å². The molecule has 1 aromatic rings. The Morgan fingerprint density at radius 3 is 2.57 bits per heavy atom. The lowest BCUT2D eigenvalue weighted by molar-refractivity contribution is -0.130. The number of rotatable bonds is 3. The van der Waals surface area contributed by atoms with Crippen LogP contribution in [0.1, 0.15) is 45.4 Å². The van der Waals surface area contributed by atoms with E-state index in [2.05, 4.69) is 26.7 Å². The van der Waals surface area contributed by atoms with Gasteiger partial charge in [-0.15, -0.1) is 0 Å². The molecule has 0 aromatic carbocycles. The standard InChI is InChI=1S/C21H31N5O2/c1-16-3-2-8-25(16)17-4-9-24(15-17)20-22-13-18(14-23-20)26-10-5-21(19(26)27)6-11-28-12-7-21/h13-14,16-17H,2-12,15H2,1H3/t16-,17-/m0/s1. The van der Waals surface area contributed by atoms with Gasteiger partial charge in [0.1, 0.15) is 0 Å². The molecule has 0 unspecified atom stereocenters. The van der Waals surface area contributed by atoms with Crippen molar-refractivity contribution in [2.24, 2.45) is 5.41 Å². The molecule has 4 saturated heterocycles. The van der Waals surface area contributed by atoms with Crippen molar-refractivity contribution >= 4 is 17.5 Å². The first-order valence-electron chi connectivity index (χ1n) is 10.9. The van der Waals surface area contributed by atoms with Crippen molar-refractivity contribution in [1.82, 2.24) is 14.9 Å². The first-order valence-corrected chi connectivity index (χ1v) is 10.9. The molecule has 1 aromatic heterocycles. The fourth-order valence-electron chi connectivity index (χ4n) is 5.60. The van der Waals surface area contributed by atoms with Gasteiger partial charge >= 0.3 is 0 Å². The smallest absolute Gasteiger partial charge is 0.233 e. The number of hydrogen-bond donors (Lipinski definition) is 0. The molecule has 7 nitrogen and oxygen atoms in total. The number of amides is 1. The Balaban J connectivity index is 1.25. The molecular weight excluding hydrogens is 354 g/mol. The summed E-state index contributed by atoms with van der Waals surface area (Å²) < 4.78 is 5.47. The van der Waals surface area contributed by atoms with Crippen LogP contribution in [-0.4, -0.2) is 72.3 Å². The molecule has 0 bridgehead atoms. The number of carbonyl (C=O) groups excluding carboxylic acids is 1. The zero-order chi connectivity index (χ0) is 19.1. The summed E-state index contributed by atoms with van der Waals surface area (Å²) in [7, 11) is 0. The molecule has 28 heavy (non-hydrogen) atoms. The van der Waals surface area contributed by atoms with E-state index >= 15 is 0 Å². The lowest BCUT2D eigenvalue weighted by atomic mass is 9.79. The van der Waals surface area contributed by atoms with Crippen LogP contribution in [0.2, 0.25) is 0 Å². The Labute approximate surface area is 167 Å². The number of aromatic nitrogens is 2. The molecule has 0 saturated carbocycles. The number of anilines is 2. The summed E-state index contributed by atoms with van der Waals surface area (Å²) in [5.74, 6) is 1.03. The maximum atomic E-state index is 13.0. The molecule has 1 spiro atoms. The molecule has 1 amide bonds. The predicted molar refractivity (Wildman–Crippen MR) is 108 cm³/mol. The van der Waals surface area contributed by atoms with Crippen LogP contribution >= 0.6 is 0 Å². The molecule has 0 aliphatic carbocycles. The lowest BCUT2D eigenvalue weighted by Crippen LogP contribution is -2.40. The van der Waals surface area contributed by atoms with Crippen LogP contribution in [-0.2, 0) is 9.53 Å². The van der Waals surface area contributed by atoms with Gasteiger partial charge in [0.2, 0.25) is 11.9 Å². The van der Waals surface area contributed by atoms with Crippen molar-refractivity contribution in [2.45, 2.75) is 57.5 Å². The van der Waals surface area contributed by atoms with Crippen molar-refractivity contribution in [3.8, 4) is 0 Å². The minimum absolute atomic E-state index is 0.217. The Hall–Kier alpha value is -1.73. The van der Waals surface area contributed by atoms with Crippen molar-refractivity contribution in [2.75, 3.05) is 49.2 Å². The molecule has 0 N–H and O–H groups in total. The minimum Gasteiger partial charge on any atom is -0.381 e. The third-order valence-corrected chi connectivity index (χ3v) is 7.42. The van der Waals surface area contributed by atoms with Crippen LogP contribution in [0.3, 0.4) is 0 Å². The summed E-state index contributed by atoms with van der Waals surface area (Å²) in [6.45, 7) is 7.75. The van der Waals surface area contributed by atoms with E-state index in [9.17, 15) is 4.79 Å². The highest BCUT2D eigenvalue weighted by Crippen LogP contribution is 2.42. The molecule has 7 heteroatoms. The van der Waals surface area contributed by atoms with Crippen LogP contribution in [0, 0.1) is 5.41 Å². The predicted octanol–water partition coefficient (Wildman–Crippen LogP) is 2.07. The van der Waals surface area contributed by atoms with Gasteiger partial charge in [-0.25, -0.2) is 9.97 Å². The van der Waals surface area contributed by atoms with E-state index in [1.54, 1.807) is 0 Å². The molecule has 4 fully saturated rings. The third-order valence-electron chi connectivity index (χ3n) is 7.42. The number of likely N-dealkylation sites (tertiary alicyclic amines) is 1. The van der Waals surface area contributed by atoms with Gasteiger partial charge in [0.05, 0.1) is 23.5 Å². The fourth-order valence-corrected chi connectivity index (χ4v) is 5.60. The van der Waals surface area contributed by atoms with Gasteiger partial charge in [0.15, 0.2) is 0 Å². The van der Waals surface area contributed by atoms with E-state index in [0.29, 0.717) is 25.3 Å². The summed E-state index contributed by atoms with van der Waals surface area (Å²) in [5.41, 5.74) is 0.618. The van der Waals surface area contributed by atoms with Gasteiger partial charge in [0, 0.05) is 44.9 Å². The van der Waals surface area contributed by atoms with Gasteiger partial charge in [-0.2, -0.15) is 0 Å². The normalized spacial score (nSPS) is 30.7. The monoisotopic (exact) mass is 385 g/mol. The van der Waals surface area contributed by atoms with Crippen LogP contribution < -0.4 is 9.80 Å². The Morgan fingerprint density at radius 2 is 1.86 bits per heavy atom. The molecule has 4 aliphatic heterocycles. The van der Waals surface area contributed by atoms with E-state index in [-0.39, 0.29) is 11.3 Å². The zero-order valence-corrected chi connectivity index (χ0v) is 16.8. The Bertz CT molecular complexity index is 718. The fraction of sp³-hybridized carbons (Fsp3) is 0.762. The second kappa shape index (κ2) is 7.26. The molecule has 4 aliphatic rings. The third kappa shape index (κ3) is 3.08. The molecule has 0 radical (unpaired) electrons.